The molecule has 2 nitrogen and oxygen atoms in total. The Morgan fingerprint density at radius 2 is 2.21 bits per heavy atom. The Morgan fingerprint density at radius 3 is 2.93 bits per heavy atom. The Bertz CT molecular complexity index is 346. The molecule has 5 heteroatoms. The fraction of sp³-hybridized carbons (Fsp3) is 0.333. The second kappa shape index (κ2) is 4.34. The molecule has 0 saturated heterocycles. The van der Waals surface area contributed by atoms with Crippen LogP contribution >= 0.6 is 24.0 Å². The third kappa shape index (κ3) is 1.95. The zero-order valence-electron chi connectivity index (χ0n) is 7.30. The summed E-state index contributed by atoms with van der Waals surface area (Å²) < 4.78 is 18.4. The Hall–Kier alpha value is -0.510. The van der Waals surface area contributed by atoms with Crippen molar-refractivity contribution in [3.63, 3.8) is 0 Å². The number of hydrogen-bond acceptors (Lipinski definition) is 2. The predicted molar refractivity (Wildman–Crippen MR) is 55.7 cm³/mol. The van der Waals surface area contributed by atoms with Crippen LogP contribution < -0.4 is 10.5 Å². The van der Waals surface area contributed by atoms with Crippen LogP contribution in [0, 0.1) is 5.82 Å². The minimum Gasteiger partial charge on any atom is -0.490 e. The Kier molecular flexibility index (Phi) is 3.59. The molecule has 0 amide bonds. The van der Waals surface area contributed by atoms with E-state index in [0.29, 0.717) is 23.6 Å². The van der Waals surface area contributed by atoms with Gasteiger partial charge in [-0.05, 0) is 12.1 Å². The maximum absolute atomic E-state index is 13.2. The normalized spacial score (nSPS) is 19.2. The number of hydrogen-bond donors (Lipinski definition) is 1. The standard InChI is InChI=1S/C9H9ClFNO.ClH/c10-5-3-6-8(12)1-2-13-9(6)7(11)4-5;/h3-4,8H,1-2,12H2;1H/t8-;/m0./s1. The molecule has 1 aromatic carbocycles. The van der Waals surface area contributed by atoms with Gasteiger partial charge in [0.25, 0.3) is 0 Å². The van der Waals surface area contributed by atoms with Gasteiger partial charge in [0.1, 0.15) is 0 Å². The third-order valence-corrected chi connectivity index (χ3v) is 2.33. The van der Waals surface area contributed by atoms with Gasteiger partial charge in [0, 0.05) is 23.0 Å². The van der Waals surface area contributed by atoms with E-state index in [0.717, 1.165) is 0 Å². The van der Waals surface area contributed by atoms with Crippen molar-refractivity contribution < 1.29 is 9.13 Å². The Balaban J connectivity index is 0.000000980. The van der Waals surface area contributed by atoms with E-state index >= 15 is 0 Å². The zero-order chi connectivity index (χ0) is 9.42. The molecule has 0 aromatic heterocycles. The number of fused-ring (bicyclic) bond motifs is 1. The van der Waals surface area contributed by atoms with Gasteiger partial charge in [0.2, 0.25) is 0 Å². The maximum Gasteiger partial charge on any atom is 0.166 e. The molecule has 1 atom stereocenters. The van der Waals surface area contributed by atoms with Crippen LogP contribution in [0.2, 0.25) is 5.02 Å². The minimum atomic E-state index is -0.433. The molecule has 0 saturated carbocycles. The summed E-state index contributed by atoms with van der Waals surface area (Å²) in [6.07, 6.45) is 0.701. The highest BCUT2D eigenvalue weighted by Gasteiger charge is 2.21. The van der Waals surface area contributed by atoms with Crippen molar-refractivity contribution in [2.45, 2.75) is 12.5 Å². The van der Waals surface area contributed by atoms with Crippen LogP contribution in [0.1, 0.15) is 18.0 Å². The summed E-state index contributed by atoms with van der Waals surface area (Å²) in [6, 6.07) is 2.72. The first-order chi connectivity index (χ1) is 6.18. The Labute approximate surface area is 92.6 Å². The second-order valence-electron chi connectivity index (χ2n) is 3.05. The highest BCUT2D eigenvalue weighted by molar-refractivity contribution is 6.30. The molecule has 2 rings (SSSR count). The predicted octanol–water partition coefficient (Wildman–Crippen LogP) is 2.68. The van der Waals surface area contributed by atoms with Gasteiger partial charge in [0.05, 0.1) is 6.61 Å². The van der Waals surface area contributed by atoms with E-state index in [9.17, 15) is 4.39 Å². The number of ether oxygens (including phenoxy) is 1. The molecule has 2 N–H and O–H groups in total. The summed E-state index contributed by atoms with van der Waals surface area (Å²) in [6.45, 7) is 0.465. The molecule has 14 heavy (non-hydrogen) atoms. The summed E-state index contributed by atoms with van der Waals surface area (Å²) in [5.41, 5.74) is 6.44. The highest BCUT2D eigenvalue weighted by Crippen LogP contribution is 2.35. The van der Waals surface area contributed by atoms with E-state index in [1.807, 2.05) is 0 Å². The van der Waals surface area contributed by atoms with E-state index in [-0.39, 0.29) is 24.2 Å². The number of rotatable bonds is 0. The van der Waals surface area contributed by atoms with Gasteiger partial charge in [-0.1, -0.05) is 11.6 Å². The van der Waals surface area contributed by atoms with Crippen LogP contribution in [-0.4, -0.2) is 6.61 Å². The summed E-state index contributed by atoms with van der Waals surface area (Å²) in [5, 5.41) is 0.359. The van der Waals surface area contributed by atoms with Crippen LogP contribution in [0.25, 0.3) is 0 Å². The van der Waals surface area contributed by atoms with Crippen molar-refractivity contribution in [1.29, 1.82) is 0 Å². The lowest BCUT2D eigenvalue weighted by Gasteiger charge is -2.23. The van der Waals surface area contributed by atoms with Crippen molar-refractivity contribution in [1.82, 2.24) is 0 Å². The SMILES string of the molecule is Cl.N[C@H]1CCOc2c(F)cc(Cl)cc21. The number of benzene rings is 1. The van der Waals surface area contributed by atoms with Crippen LogP contribution in [0.15, 0.2) is 12.1 Å². The van der Waals surface area contributed by atoms with Gasteiger partial charge < -0.3 is 10.5 Å². The first kappa shape index (κ1) is 11.6. The molecule has 0 unspecified atom stereocenters. The molecule has 1 aromatic rings. The Morgan fingerprint density at radius 1 is 1.50 bits per heavy atom. The van der Waals surface area contributed by atoms with Gasteiger partial charge in [-0.15, -0.1) is 12.4 Å². The van der Waals surface area contributed by atoms with E-state index in [2.05, 4.69) is 0 Å². The van der Waals surface area contributed by atoms with Gasteiger partial charge in [0.15, 0.2) is 11.6 Å². The molecule has 0 radical (unpaired) electrons. The van der Waals surface area contributed by atoms with Gasteiger partial charge in [-0.25, -0.2) is 4.39 Å². The zero-order valence-corrected chi connectivity index (χ0v) is 8.87. The van der Waals surface area contributed by atoms with E-state index < -0.39 is 5.82 Å². The van der Waals surface area contributed by atoms with Crippen LogP contribution in [0.3, 0.4) is 0 Å². The van der Waals surface area contributed by atoms with E-state index in [1.54, 1.807) is 6.07 Å². The maximum atomic E-state index is 13.2. The largest absolute Gasteiger partial charge is 0.490 e. The quantitative estimate of drug-likeness (QED) is 0.754. The summed E-state index contributed by atoms with van der Waals surface area (Å²) in [7, 11) is 0. The topological polar surface area (TPSA) is 35.2 Å². The average Bonchev–Trinajstić information content (AvgIpc) is 2.07. The molecule has 0 fully saturated rings. The van der Waals surface area contributed by atoms with Crippen LogP contribution in [0.5, 0.6) is 5.75 Å². The molecule has 1 heterocycles. The van der Waals surface area contributed by atoms with Crippen LogP contribution in [-0.2, 0) is 0 Å². The highest BCUT2D eigenvalue weighted by atomic mass is 35.5. The van der Waals surface area contributed by atoms with Crippen molar-refractivity contribution in [3.05, 3.63) is 28.5 Å². The van der Waals surface area contributed by atoms with Crippen molar-refractivity contribution in [2.75, 3.05) is 6.61 Å². The first-order valence-electron chi connectivity index (χ1n) is 4.06. The van der Waals surface area contributed by atoms with Crippen molar-refractivity contribution >= 4 is 24.0 Å². The number of nitrogens with two attached hydrogens (primary N) is 1. The van der Waals surface area contributed by atoms with Crippen molar-refractivity contribution in [2.24, 2.45) is 5.73 Å². The smallest absolute Gasteiger partial charge is 0.166 e. The van der Waals surface area contributed by atoms with Gasteiger partial charge in [-0.3, -0.25) is 0 Å². The van der Waals surface area contributed by atoms with Crippen LogP contribution in [0.4, 0.5) is 4.39 Å². The molecule has 0 bridgehead atoms. The molecule has 0 spiro atoms. The molecule has 1 aliphatic heterocycles. The summed E-state index contributed by atoms with van der Waals surface area (Å²) >= 11 is 5.70. The third-order valence-electron chi connectivity index (χ3n) is 2.11. The van der Waals surface area contributed by atoms with Gasteiger partial charge >= 0.3 is 0 Å². The lowest BCUT2D eigenvalue weighted by atomic mass is 10.0. The lowest BCUT2D eigenvalue weighted by Crippen LogP contribution is -2.21. The monoisotopic (exact) mass is 237 g/mol. The molecule has 0 aliphatic carbocycles. The van der Waals surface area contributed by atoms with E-state index in [4.69, 9.17) is 22.1 Å². The fourth-order valence-electron chi connectivity index (χ4n) is 1.45. The minimum absolute atomic E-state index is 0. The molecule has 1 aliphatic rings. The first-order valence-corrected chi connectivity index (χ1v) is 4.43. The average molecular weight is 238 g/mol. The summed E-state index contributed by atoms with van der Waals surface area (Å²) in [4.78, 5) is 0. The summed E-state index contributed by atoms with van der Waals surface area (Å²) in [5.74, 6) is -0.180. The number of halogens is 3. The second-order valence-corrected chi connectivity index (χ2v) is 3.49. The molecular formula is C9H10Cl2FNO. The fourth-order valence-corrected chi connectivity index (χ4v) is 1.66. The van der Waals surface area contributed by atoms with Crippen molar-refractivity contribution in [3.8, 4) is 5.75 Å². The van der Waals surface area contributed by atoms with Gasteiger partial charge in [-0.2, -0.15) is 0 Å². The molecular weight excluding hydrogens is 228 g/mol. The lowest BCUT2D eigenvalue weighted by molar-refractivity contribution is 0.255. The van der Waals surface area contributed by atoms with E-state index in [1.165, 1.54) is 6.07 Å². The molecule has 78 valence electrons.